The number of phenols is 1. The van der Waals surface area contributed by atoms with E-state index in [0.29, 0.717) is 5.69 Å². The lowest BCUT2D eigenvalue weighted by Gasteiger charge is -2.19. The minimum Gasteiger partial charge on any atom is -0.502 e. The Morgan fingerprint density at radius 3 is 2.74 bits per heavy atom. The first-order valence-corrected chi connectivity index (χ1v) is 7.54. The number of phenolic OH excluding ortho intramolecular Hbond substituents is 1. The van der Waals surface area contributed by atoms with Crippen LogP contribution in [0.25, 0.3) is 0 Å². The van der Waals surface area contributed by atoms with E-state index in [0.717, 1.165) is 31.0 Å². The van der Waals surface area contributed by atoms with E-state index < -0.39 is 16.4 Å². The summed E-state index contributed by atoms with van der Waals surface area (Å²) in [6.07, 6.45) is 2.83. The summed E-state index contributed by atoms with van der Waals surface area (Å²) in [5, 5.41) is 23.8. The number of hydrogen-bond acceptors (Lipinski definition) is 4. The van der Waals surface area contributed by atoms with Gasteiger partial charge in [-0.25, -0.2) is 0 Å². The highest BCUT2D eigenvalue weighted by Gasteiger charge is 2.17. The fourth-order valence-electron chi connectivity index (χ4n) is 2.73. The fraction of sp³-hybridized carbons (Fsp3) is 0.176. The number of nitro groups is 1. The predicted octanol–water partition coefficient (Wildman–Crippen LogP) is 4.74. The van der Waals surface area contributed by atoms with Crippen LogP contribution < -0.4 is 5.32 Å². The summed E-state index contributed by atoms with van der Waals surface area (Å²) in [4.78, 5) is 10.1. The average molecular weight is 331 g/mol. The molecule has 1 aliphatic carbocycles. The molecule has 0 saturated carbocycles. The van der Waals surface area contributed by atoms with Crippen molar-refractivity contribution in [2.24, 2.45) is 0 Å². The molecule has 5 nitrogen and oxygen atoms in total. The molecule has 0 aromatic heterocycles. The molecule has 0 amide bonds. The first kappa shape index (κ1) is 15.4. The molecule has 0 heterocycles. The molecule has 2 N–H and O–H groups in total. The van der Waals surface area contributed by atoms with Crippen molar-refractivity contribution in [2.75, 3.05) is 5.32 Å². The number of hydrogen-bond donors (Lipinski definition) is 2. The summed E-state index contributed by atoms with van der Waals surface area (Å²) in [6.45, 7) is 4.03. The minimum absolute atomic E-state index is 0.181. The van der Waals surface area contributed by atoms with Gasteiger partial charge in [0.1, 0.15) is 0 Å². The zero-order valence-corrected chi connectivity index (χ0v) is 13.1. The fourth-order valence-corrected chi connectivity index (χ4v) is 2.93. The van der Waals surface area contributed by atoms with Crippen LogP contribution in [-0.4, -0.2) is 10.0 Å². The molecule has 1 aliphatic rings. The highest BCUT2D eigenvalue weighted by molar-refractivity contribution is 6.33. The Kier molecular flexibility index (Phi) is 3.96. The number of fused-ring (bicyclic) bond motifs is 1. The number of benzene rings is 2. The number of aromatic hydroxyl groups is 1. The molecule has 0 aliphatic heterocycles. The molecule has 6 heteroatoms. The Morgan fingerprint density at radius 1 is 1.22 bits per heavy atom. The summed E-state index contributed by atoms with van der Waals surface area (Å²) >= 11 is 6.07. The number of allylic oxidation sites excluding steroid dienone is 1. The Morgan fingerprint density at radius 2 is 2.00 bits per heavy atom. The second kappa shape index (κ2) is 5.93. The zero-order chi connectivity index (χ0) is 16.6. The number of nitrogens with one attached hydrogen (secondary N) is 1. The smallest absolute Gasteiger partial charge is 0.312 e. The molecule has 118 valence electrons. The van der Waals surface area contributed by atoms with Gasteiger partial charge in [-0.15, -0.1) is 0 Å². The van der Waals surface area contributed by atoms with E-state index in [4.69, 9.17) is 11.6 Å². The van der Waals surface area contributed by atoms with Crippen LogP contribution in [-0.2, 0) is 12.8 Å². The molecular formula is C17H15ClN2O3. The standard InChI is InChI=1S/C17H15ClN2O3/c1-10-2-3-12-7-13(5-4-11(12)6-10)19-15-9-17(21)16(20(22)23)8-14(15)18/h4-5,7-9,19,21H,1-3,6H2. The van der Waals surface area contributed by atoms with Crippen LogP contribution in [0.4, 0.5) is 17.1 Å². The number of nitrogens with zero attached hydrogens (tertiary/aromatic N) is 1. The molecule has 0 spiro atoms. The quantitative estimate of drug-likeness (QED) is 0.484. The van der Waals surface area contributed by atoms with Gasteiger partial charge in [-0.1, -0.05) is 29.8 Å². The van der Waals surface area contributed by atoms with Gasteiger partial charge in [0.2, 0.25) is 0 Å². The molecular weight excluding hydrogens is 316 g/mol. The van der Waals surface area contributed by atoms with Crippen molar-refractivity contribution in [1.29, 1.82) is 0 Å². The molecule has 0 atom stereocenters. The zero-order valence-electron chi connectivity index (χ0n) is 12.3. The summed E-state index contributed by atoms with van der Waals surface area (Å²) in [6, 6.07) is 8.41. The van der Waals surface area contributed by atoms with Gasteiger partial charge in [0.25, 0.3) is 0 Å². The Labute approximate surface area is 138 Å². The lowest BCUT2D eigenvalue weighted by atomic mass is 9.88. The van der Waals surface area contributed by atoms with Crippen molar-refractivity contribution in [3.05, 3.63) is 68.7 Å². The van der Waals surface area contributed by atoms with E-state index in [9.17, 15) is 15.2 Å². The van der Waals surface area contributed by atoms with Crippen LogP contribution in [0.1, 0.15) is 17.5 Å². The highest BCUT2D eigenvalue weighted by atomic mass is 35.5. The monoisotopic (exact) mass is 330 g/mol. The molecule has 0 saturated heterocycles. The van der Waals surface area contributed by atoms with E-state index in [-0.39, 0.29) is 5.02 Å². The van der Waals surface area contributed by atoms with Crippen molar-refractivity contribution in [1.82, 2.24) is 0 Å². The third-order valence-corrected chi connectivity index (χ3v) is 4.25. The number of aryl methyl sites for hydroxylation is 1. The van der Waals surface area contributed by atoms with Crippen LogP contribution in [0.3, 0.4) is 0 Å². The molecule has 0 unspecified atom stereocenters. The van der Waals surface area contributed by atoms with Crippen molar-refractivity contribution in [3.8, 4) is 5.75 Å². The second-order valence-electron chi connectivity index (χ2n) is 5.61. The van der Waals surface area contributed by atoms with Crippen LogP contribution in [0.15, 0.2) is 42.5 Å². The van der Waals surface area contributed by atoms with Crippen molar-refractivity contribution in [2.45, 2.75) is 19.3 Å². The minimum atomic E-state index is -0.670. The Bertz CT molecular complexity index is 818. The topological polar surface area (TPSA) is 75.4 Å². The summed E-state index contributed by atoms with van der Waals surface area (Å²) in [7, 11) is 0. The van der Waals surface area contributed by atoms with Gasteiger partial charge in [0.05, 0.1) is 15.6 Å². The van der Waals surface area contributed by atoms with E-state index in [1.165, 1.54) is 22.8 Å². The van der Waals surface area contributed by atoms with Crippen LogP contribution >= 0.6 is 11.6 Å². The first-order chi connectivity index (χ1) is 10.9. The van der Waals surface area contributed by atoms with Gasteiger partial charge < -0.3 is 10.4 Å². The molecule has 3 rings (SSSR count). The lowest BCUT2D eigenvalue weighted by Crippen LogP contribution is -2.05. The van der Waals surface area contributed by atoms with Crippen molar-refractivity contribution < 1.29 is 10.0 Å². The van der Waals surface area contributed by atoms with Crippen LogP contribution in [0.5, 0.6) is 5.75 Å². The van der Waals surface area contributed by atoms with Gasteiger partial charge >= 0.3 is 5.69 Å². The predicted molar refractivity (Wildman–Crippen MR) is 90.7 cm³/mol. The first-order valence-electron chi connectivity index (χ1n) is 7.16. The second-order valence-corrected chi connectivity index (χ2v) is 6.02. The van der Waals surface area contributed by atoms with E-state index >= 15 is 0 Å². The van der Waals surface area contributed by atoms with Crippen LogP contribution in [0, 0.1) is 10.1 Å². The maximum atomic E-state index is 10.8. The number of halogens is 1. The van der Waals surface area contributed by atoms with Gasteiger partial charge in [0, 0.05) is 17.8 Å². The summed E-state index contributed by atoms with van der Waals surface area (Å²) in [5.41, 5.74) is 4.60. The third kappa shape index (κ3) is 3.14. The Hall–Kier alpha value is -2.53. The average Bonchev–Trinajstić information content (AvgIpc) is 2.50. The largest absolute Gasteiger partial charge is 0.502 e. The van der Waals surface area contributed by atoms with E-state index in [1.807, 2.05) is 18.2 Å². The molecule has 2 aromatic rings. The molecule has 23 heavy (non-hydrogen) atoms. The molecule has 0 radical (unpaired) electrons. The molecule has 0 bridgehead atoms. The lowest BCUT2D eigenvalue weighted by molar-refractivity contribution is -0.385. The van der Waals surface area contributed by atoms with Gasteiger partial charge in [0.15, 0.2) is 5.75 Å². The van der Waals surface area contributed by atoms with Crippen LogP contribution in [0.2, 0.25) is 5.02 Å². The maximum absolute atomic E-state index is 10.8. The highest BCUT2D eigenvalue weighted by Crippen LogP contribution is 2.37. The number of anilines is 2. The molecule has 0 fully saturated rings. The van der Waals surface area contributed by atoms with Gasteiger partial charge in [-0.05, 0) is 42.5 Å². The number of nitro benzene ring substituents is 1. The van der Waals surface area contributed by atoms with E-state index in [1.54, 1.807) is 0 Å². The van der Waals surface area contributed by atoms with E-state index in [2.05, 4.69) is 11.9 Å². The SMILES string of the molecule is C=C1CCc2cc(Nc3cc(O)c([N+](=O)[O-])cc3Cl)ccc2C1. The van der Waals surface area contributed by atoms with Crippen molar-refractivity contribution in [3.63, 3.8) is 0 Å². The summed E-state index contributed by atoms with van der Waals surface area (Å²) in [5.74, 6) is -0.420. The summed E-state index contributed by atoms with van der Waals surface area (Å²) < 4.78 is 0. The van der Waals surface area contributed by atoms with Crippen molar-refractivity contribution >= 4 is 28.7 Å². The maximum Gasteiger partial charge on any atom is 0.312 e. The normalized spacial score (nSPS) is 13.5. The third-order valence-electron chi connectivity index (χ3n) is 3.93. The number of rotatable bonds is 3. The molecule has 2 aromatic carbocycles. The van der Waals surface area contributed by atoms with Gasteiger partial charge in [-0.3, -0.25) is 10.1 Å². The Balaban J connectivity index is 1.89. The van der Waals surface area contributed by atoms with Gasteiger partial charge in [-0.2, -0.15) is 0 Å².